The molecule has 0 radical (unpaired) electrons. The van der Waals surface area contributed by atoms with Gasteiger partial charge in [0.05, 0.1) is 22.3 Å². The van der Waals surface area contributed by atoms with Gasteiger partial charge in [-0.25, -0.2) is 10.4 Å². The lowest BCUT2D eigenvalue weighted by Gasteiger charge is -2.09. The van der Waals surface area contributed by atoms with Gasteiger partial charge in [-0.15, -0.1) is 0 Å². The van der Waals surface area contributed by atoms with Gasteiger partial charge < -0.3 is 0 Å². The van der Waals surface area contributed by atoms with Crippen LogP contribution in [0, 0.1) is 0 Å². The van der Waals surface area contributed by atoms with E-state index >= 15 is 0 Å². The van der Waals surface area contributed by atoms with E-state index in [2.05, 4.69) is 10.7 Å². The summed E-state index contributed by atoms with van der Waals surface area (Å²) in [6.07, 6.45) is 0. The number of hydrogen-bond donors (Lipinski definition) is 2. The number of nitrogens with zero attached hydrogens (tertiary/aromatic N) is 1. The van der Waals surface area contributed by atoms with Gasteiger partial charge in [-0.3, -0.25) is 29.3 Å². The normalized spacial score (nSPS) is 15.2. The minimum absolute atomic E-state index is 0.129. The van der Waals surface area contributed by atoms with Gasteiger partial charge in [0.2, 0.25) is 0 Å². The minimum Gasteiger partial charge on any atom is -0.289 e. The predicted molar refractivity (Wildman–Crippen MR) is 87.7 cm³/mol. The molecule has 26 heavy (non-hydrogen) atoms. The summed E-state index contributed by atoms with van der Waals surface area (Å²) in [5, 5.41) is 3.03. The van der Waals surface area contributed by atoms with E-state index in [0.29, 0.717) is 0 Å². The van der Waals surface area contributed by atoms with Gasteiger partial charge in [-0.1, -0.05) is 12.1 Å². The fourth-order valence-corrected chi connectivity index (χ4v) is 3.06. The molecule has 0 bridgehead atoms. The van der Waals surface area contributed by atoms with Gasteiger partial charge in [0.1, 0.15) is 0 Å². The molecule has 2 N–H and O–H groups in total. The van der Waals surface area contributed by atoms with Crippen molar-refractivity contribution in [1.29, 1.82) is 0 Å². The Morgan fingerprint density at radius 3 is 2.00 bits per heavy atom. The molecule has 0 saturated carbocycles. The Balaban J connectivity index is 1.73. The molecule has 4 amide bonds. The number of carbonyl (C=O) groups excluding carboxylic acids is 5. The Morgan fingerprint density at radius 2 is 1.35 bits per heavy atom. The van der Waals surface area contributed by atoms with Crippen molar-refractivity contribution in [2.24, 2.45) is 0 Å². The van der Waals surface area contributed by atoms with Gasteiger partial charge in [-0.2, -0.15) is 0 Å². The average Bonchev–Trinajstić information content (AvgIpc) is 3.07. The van der Waals surface area contributed by atoms with Crippen LogP contribution in [0.3, 0.4) is 0 Å². The zero-order valence-corrected chi connectivity index (χ0v) is 13.5. The number of carbonyl (C=O) groups is 5. The number of nitrogens with one attached hydrogen (secondary N) is 2. The Kier molecular flexibility index (Phi) is 3.31. The van der Waals surface area contributed by atoms with Gasteiger partial charge in [0.15, 0.2) is 5.78 Å². The number of rotatable bonds is 3. The van der Waals surface area contributed by atoms with Crippen LogP contribution >= 0.6 is 0 Å². The molecule has 0 aromatic heterocycles. The molecule has 2 heterocycles. The molecular weight excluding hydrogens is 338 g/mol. The number of ketones is 1. The van der Waals surface area contributed by atoms with E-state index in [1.807, 2.05) is 0 Å². The molecule has 0 fully saturated rings. The Bertz CT molecular complexity index is 1060. The molecule has 0 saturated heterocycles. The quantitative estimate of drug-likeness (QED) is 0.617. The van der Waals surface area contributed by atoms with Crippen LogP contribution in [0.4, 0.5) is 0 Å². The minimum atomic E-state index is -0.556. The summed E-state index contributed by atoms with van der Waals surface area (Å²) in [5.41, 5.74) is 3.59. The topological polar surface area (TPSA) is 113 Å². The second kappa shape index (κ2) is 5.43. The highest BCUT2D eigenvalue weighted by atomic mass is 16.2. The number of amides is 4. The Labute approximate surface area is 146 Å². The van der Waals surface area contributed by atoms with Gasteiger partial charge in [0.25, 0.3) is 23.6 Å². The van der Waals surface area contributed by atoms with Gasteiger partial charge >= 0.3 is 0 Å². The second-order valence-electron chi connectivity index (χ2n) is 5.80. The van der Waals surface area contributed by atoms with E-state index < -0.39 is 29.4 Å². The van der Waals surface area contributed by atoms with Crippen LogP contribution in [-0.4, -0.2) is 41.5 Å². The third kappa shape index (κ3) is 2.09. The van der Waals surface area contributed by atoms with Gasteiger partial charge in [-0.05, 0) is 24.3 Å². The van der Waals surface area contributed by atoms with E-state index in [1.165, 1.54) is 43.4 Å². The molecule has 0 atom stereocenters. The first-order chi connectivity index (χ1) is 12.4. The van der Waals surface area contributed by atoms with E-state index in [4.69, 9.17) is 0 Å². The molecule has 0 unspecified atom stereocenters. The van der Waals surface area contributed by atoms with Crippen molar-refractivity contribution in [3.63, 3.8) is 0 Å². The maximum Gasteiger partial charge on any atom is 0.276 e. The SMILES string of the molecule is CNN1C(=O)c2ccc(C(=O)c3ccc4c(c3)C(=O)NC4=O)cc2C1=O. The molecule has 8 nitrogen and oxygen atoms in total. The summed E-state index contributed by atoms with van der Waals surface area (Å²) in [5.74, 6) is -2.51. The summed E-state index contributed by atoms with van der Waals surface area (Å²) in [4.78, 5) is 60.4. The molecule has 0 aliphatic carbocycles. The molecule has 2 aliphatic rings. The molecule has 0 spiro atoms. The van der Waals surface area contributed by atoms with Crippen molar-refractivity contribution in [3.8, 4) is 0 Å². The van der Waals surface area contributed by atoms with E-state index in [9.17, 15) is 24.0 Å². The average molecular weight is 349 g/mol. The predicted octanol–water partition coefficient (Wildman–Crippen LogP) is 0.532. The third-order valence-corrected chi connectivity index (χ3v) is 4.37. The molecular formula is C18H11N3O5. The van der Waals surface area contributed by atoms with Crippen molar-refractivity contribution in [2.45, 2.75) is 0 Å². The Morgan fingerprint density at radius 1 is 0.808 bits per heavy atom. The van der Waals surface area contributed by atoms with Crippen molar-refractivity contribution >= 4 is 29.4 Å². The van der Waals surface area contributed by atoms with Crippen molar-refractivity contribution in [3.05, 3.63) is 69.8 Å². The molecule has 2 aromatic rings. The van der Waals surface area contributed by atoms with Crippen molar-refractivity contribution in [1.82, 2.24) is 15.8 Å². The zero-order chi connectivity index (χ0) is 18.6. The molecule has 8 heteroatoms. The number of hydrogen-bond acceptors (Lipinski definition) is 6. The number of imide groups is 2. The molecule has 2 aliphatic heterocycles. The number of hydrazine groups is 1. The van der Waals surface area contributed by atoms with Crippen LogP contribution in [0.5, 0.6) is 0 Å². The van der Waals surface area contributed by atoms with Crippen LogP contribution in [0.1, 0.15) is 57.4 Å². The smallest absolute Gasteiger partial charge is 0.276 e. The highest BCUT2D eigenvalue weighted by molar-refractivity contribution is 6.24. The van der Waals surface area contributed by atoms with Crippen LogP contribution in [0.25, 0.3) is 0 Å². The summed E-state index contributed by atoms with van der Waals surface area (Å²) < 4.78 is 0. The molecule has 4 rings (SSSR count). The van der Waals surface area contributed by atoms with E-state index in [-0.39, 0.29) is 33.4 Å². The second-order valence-corrected chi connectivity index (χ2v) is 5.80. The fraction of sp³-hybridized carbons (Fsp3) is 0.0556. The van der Waals surface area contributed by atoms with Crippen LogP contribution in [0.15, 0.2) is 36.4 Å². The number of benzene rings is 2. The maximum atomic E-state index is 12.7. The summed E-state index contributed by atoms with van der Waals surface area (Å²) in [6, 6.07) is 8.42. The summed E-state index contributed by atoms with van der Waals surface area (Å²) >= 11 is 0. The highest BCUT2D eigenvalue weighted by Crippen LogP contribution is 2.25. The largest absolute Gasteiger partial charge is 0.289 e. The van der Waals surface area contributed by atoms with Crippen molar-refractivity contribution < 1.29 is 24.0 Å². The third-order valence-electron chi connectivity index (χ3n) is 4.37. The van der Waals surface area contributed by atoms with E-state index in [1.54, 1.807) is 0 Å². The van der Waals surface area contributed by atoms with Crippen molar-refractivity contribution in [2.75, 3.05) is 7.05 Å². The first-order valence-electron chi connectivity index (χ1n) is 7.67. The summed E-state index contributed by atoms with van der Waals surface area (Å²) in [7, 11) is 1.45. The molecule has 2 aromatic carbocycles. The highest BCUT2D eigenvalue weighted by Gasteiger charge is 2.35. The first-order valence-corrected chi connectivity index (χ1v) is 7.67. The Hall–Kier alpha value is -3.65. The molecule has 128 valence electrons. The van der Waals surface area contributed by atoms with Gasteiger partial charge in [0, 0.05) is 18.2 Å². The lowest BCUT2D eigenvalue weighted by Crippen LogP contribution is -2.39. The fourth-order valence-electron chi connectivity index (χ4n) is 3.06. The zero-order valence-electron chi connectivity index (χ0n) is 13.5. The maximum absolute atomic E-state index is 12.7. The summed E-state index contributed by atoms with van der Waals surface area (Å²) in [6.45, 7) is 0. The van der Waals surface area contributed by atoms with Crippen LogP contribution in [-0.2, 0) is 0 Å². The van der Waals surface area contributed by atoms with Crippen LogP contribution < -0.4 is 10.7 Å². The standard InChI is InChI=1S/C18H11N3O5/c1-19-21-17(25)11-5-3-9(7-13(11)18(21)26)14(22)8-2-4-10-12(6-8)16(24)20-15(10)23/h2-7,19H,1H3,(H,20,23,24). The monoisotopic (exact) mass is 349 g/mol. The van der Waals surface area contributed by atoms with Crippen LogP contribution in [0.2, 0.25) is 0 Å². The lowest BCUT2D eigenvalue weighted by molar-refractivity contribution is 0.0585. The first kappa shape index (κ1) is 15.9. The lowest BCUT2D eigenvalue weighted by atomic mass is 9.96. The number of fused-ring (bicyclic) bond motifs is 2. The van der Waals surface area contributed by atoms with E-state index in [0.717, 1.165) is 5.01 Å².